The van der Waals surface area contributed by atoms with Gasteiger partial charge >= 0.3 is 16.1 Å². The summed E-state index contributed by atoms with van der Waals surface area (Å²) in [6.07, 6.45) is 25.8. The molecule has 0 N–H and O–H groups in total. The molecule has 1 heterocycles. The Morgan fingerprint density at radius 2 is 0.850 bits per heavy atom. The number of hydrogen-bond donors (Lipinski definition) is 0. The maximum absolute atomic E-state index is 9.75. The van der Waals surface area contributed by atoms with Gasteiger partial charge in [0.25, 0.3) is 0 Å². The van der Waals surface area contributed by atoms with Gasteiger partial charge in [0.15, 0.2) is 0 Å². The summed E-state index contributed by atoms with van der Waals surface area (Å²) < 4.78 is 58.7. The Hall–Kier alpha value is -0.158. The van der Waals surface area contributed by atoms with Crippen molar-refractivity contribution in [2.24, 2.45) is 0 Å². The van der Waals surface area contributed by atoms with Crippen molar-refractivity contribution in [3.8, 4) is 0 Å². The minimum Gasteiger partial charge on any atom is -0.418 e. The molecule has 1 fully saturated rings. The van der Waals surface area contributed by atoms with E-state index in [9.17, 15) is 17.3 Å². The molecule has 0 bridgehead atoms. The van der Waals surface area contributed by atoms with Crippen molar-refractivity contribution in [3.05, 3.63) is 0 Å². The van der Waals surface area contributed by atoms with E-state index < -0.39 is 16.1 Å². The van der Waals surface area contributed by atoms with Crippen LogP contribution >= 0.6 is 0 Å². The molecule has 0 atom stereocenters. The molecule has 10 heteroatoms. The van der Waals surface area contributed by atoms with E-state index in [2.05, 4.69) is 27.7 Å². The van der Waals surface area contributed by atoms with Crippen LogP contribution in [0.2, 0.25) is 6.04 Å². The summed E-state index contributed by atoms with van der Waals surface area (Å²) in [5.41, 5.74) is 0. The quantitative estimate of drug-likeness (QED) is 0.0427. The molecule has 1 saturated heterocycles. The van der Waals surface area contributed by atoms with Gasteiger partial charge in [-0.1, -0.05) is 96.8 Å². The van der Waals surface area contributed by atoms with Crippen LogP contribution in [-0.4, -0.2) is 66.5 Å². The summed E-state index contributed by atoms with van der Waals surface area (Å²) in [6, 6.07) is 0.974. The smallest absolute Gasteiger partial charge is 0.418 e. The minimum atomic E-state index is -6.00. The molecule has 0 aromatic carbocycles. The lowest BCUT2D eigenvalue weighted by Gasteiger charge is -2.37. The van der Waals surface area contributed by atoms with Crippen LogP contribution in [0.4, 0.5) is 17.3 Å². The molecule has 0 spiro atoms. The predicted octanol–water partition coefficient (Wildman–Crippen LogP) is 10.2. The Labute approximate surface area is 246 Å². The standard InChI is InChI=1S/C30H64NO3Si.BF4/c1-5-9-10-11-12-13-14-15-16-17-18-19-20-21-22-23-26-31(27-24-25-28-31)29-30-35(32-6-2,33-7-3)34-8-4;2-1(3,4)5/h5-30H2,1-4H3;/q+1;-1. The second-order valence-corrected chi connectivity index (χ2v) is 14.2. The van der Waals surface area contributed by atoms with Gasteiger partial charge in [-0.15, -0.1) is 0 Å². The molecule has 0 radical (unpaired) electrons. The maximum Gasteiger partial charge on any atom is 0.673 e. The van der Waals surface area contributed by atoms with Crippen molar-refractivity contribution in [3.63, 3.8) is 0 Å². The van der Waals surface area contributed by atoms with Crippen molar-refractivity contribution < 1.29 is 35.0 Å². The van der Waals surface area contributed by atoms with Crippen LogP contribution < -0.4 is 0 Å². The predicted molar refractivity (Wildman–Crippen MR) is 164 cm³/mol. The second-order valence-electron chi connectivity index (χ2n) is 11.5. The lowest BCUT2D eigenvalue weighted by atomic mass is 10.0. The van der Waals surface area contributed by atoms with Crippen molar-refractivity contribution in [2.45, 2.75) is 149 Å². The average molecular weight is 602 g/mol. The van der Waals surface area contributed by atoms with Gasteiger partial charge in [-0.25, -0.2) is 0 Å². The van der Waals surface area contributed by atoms with Crippen molar-refractivity contribution in [2.75, 3.05) is 46.0 Å². The molecular weight excluding hydrogens is 537 g/mol. The number of unbranched alkanes of at least 4 members (excludes halogenated alkanes) is 15. The third-order valence-electron chi connectivity index (χ3n) is 7.99. The van der Waals surface area contributed by atoms with E-state index in [1.54, 1.807) is 0 Å². The van der Waals surface area contributed by atoms with Crippen molar-refractivity contribution >= 4 is 16.1 Å². The zero-order valence-electron chi connectivity index (χ0n) is 26.6. The van der Waals surface area contributed by atoms with Crippen LogP contribution in [0.5, 0.6) is 0 Å². The van der Waals surface area contributed by atoms with Crippen LogP contribution in [0.25, 0.3) is 0 Å². The molecule has 1 aliphatic rings. The summed E-state index contributed by atoms with van der Waals surface area (Å²) in [4.78, 5) is 0. The van der Waals surface area contributed by atoms with E-state index in [4.69, 9.17) is 13.3 Å². The number of rotatable bonds is 26. The third kappa shape index (κ3) is 23.4. The van der Waals surface area contributed by atoms with Crippen LogP contribution in [0.1, 0.15) is 143 Å². The fourth-order valence-corrected chi connectivity index (χ4v) is 8.69. The van der Waals surface area contributed by atoms with Gasteiger partial charge in [0.2, 0.25) is 0 Å². The fraction of sp³-hybridized carbons (Fsp3) is 1.00. The molecular formula is C30H64BF4NO3Si. The van der Waals surface area contributed by atoms with Crippen molar-refractivity contribution in [1.29, 1.82) is 0 Å². The molecule has 242 valence electrons. The van der Waals surface area contributed by atoms with Gasteiger partial charge in [0.05, 0.1) is 32.2 Å². The van der Waals surface area contributed by atoms with Gasteiger partial charge in [0, 0.05) is 32.7 Å². The number of quaternary nitrogens is 1. The van der Waals surface area contributed by atoms with Crippen molar-refractivity contribution in [1.82, 2.24) is 0 Å². The van der Waals surface area contributed by atoms with Gasteiger partial charge in [-0.05, 0) is 33.6 Å². The first kappa shape index (κ1) is 39.8. The van der Waals surface area contributed by atoms with E-state index in [-0.39, 0.29) is 0 Å². The topological polar surface area (TPSA) is 27.7 Å². The summed E-state index contributed by atoms with van der Waals surface area (Å²) >= 11 is 0. The molecule has 0 aromatic rings. The van der Waals surface area contributed by atoms with Gasteiger partial charge in [-0.3, -0.25) is 0 Å². The van der Waals surface area contributed by atoms with Crippen LogP contribution in [-0.2, 0) is 13.3 Å². The SMILES string of the molecule is CCCCCCCCCCCCCCCCCC[N+]1(CC[Si](OCC)(OCC)OCC)CCCC1.F[B-](F)(F)F. The minimum absolute atomic E-state index is 0.686. The highest BCUT2D eigenvalue weighted by molar-refractivity contribution is 6.60. The molecule has 0 aliphatic carbocycles. The zero-order valence-corrected chi connectivity index (χ0v) is 27.6. The molecule has 1 rings (SSSR count). The van der Waals surface area contributed by atoms with Crippen LogP contribution in [0, 0.1) is 0 Å². The Morgan fingerprint density at radius 3 is 1.18 bits per heavy atom. The van der Waals surface area contributed by atoms with Gasteiger partial charge < -0.3 is 35.0 Å². The van der Waals surface area contributed by atoms with E-state index in [1.165, 1.54) is 146 Å². The second kappa shape index (κ2) is 25.3. The van der Waals surface area contributed by atoms with E-state index in [0.29, 0.717) is 19.8 Å². The Balaban J connectivity index is 0.00000277. The Bertz CT molecular complexity index is 533. The fourth-order valence-electron chi connectivity index (χ4n) is 5.94. The average Bonchev–Trinajstić information content (AvgIpc) is 3.36. The normalized spacial score (nSPS) is 15.3. The van der Waals surface area contributed by atoms with E-state index in [1.807, 2.05) is 0 Å². The summed E-state index contributed by atoms with van der Waals surface area (Å²) in [5.74, 6) is 0. The van der Waals surface area contributed by atoms with Gasteiger partial charge in [0.1, 0.15) is 0 Å². The first-order valence-electron chi connectivity index (χ1n) is 16.8. The molecule has 4 nitrogen and oxygen atoms in total. The summed E-state index contributed by atoms with van der Waals surface area (Å²) in [7, 11) is -8.52. The molecule has 1 aliphatic heterocycles. The van der Waals surface area contributed by atoms with Gasteiger partial charge in [-0.2, -0.15) is 0 Å². The first-order chi connectivity index (χ1) is 19.2. The molecule has 0 unspecified atom stereocenters. The monoisotopic (exact) mass is 601 g/mol. The molecule has 0 aromatic heterocycles. The van der Waals surface area contributed by atoms with E-state index in [0.717, 1.165) is 6.04 Å². The Kier molecular flexibility index (Phi) is 25.2. The first-order valence-corrected chi connectivity index (χ1v) is 18.7. The number of nitrogens with zero attached hydrogens (tertiary/aromatic N) is 1. The number of halogens is 4. The zero-order chi connectivity index (χ0) is 30.0. The molecule has 40 heavy (non-hydrogen) atoms. The van der Waals surface area contributed by atoms with Crippen LogP contribution in [0.3, 0.4) is 0 Å². The Morgan fingerprint density at radius 1 is 0.525 bits per heavy atom. The molecule has 0 amide bonds. The number of hydrogen-bond acceptors (Lipinski definition) is 3. The summed E-state index contributed by atoms with van der Waals surface area (Å²) in [6.45, 7) is 15.8. The van der Waals surface area contributed by atoms with E-state index >= 15 is 0 Å². The highest BCUT2D eigenvalue weighted by Gasteiger charge is 2.44. The number of likely N-dealkylation sites (tertiary alicyclic amines) is 1. The largest absolute Gasteiger partial charge is 0.673 e. The lowest BCUT2D eigenvalue weighted by molar-refractivity contribution is -0.915. The maximum atomic E-state index is 9.75. The van der Waals surface area contributed by atoms with Crippen LogP contribution in [0.15, 0.2) is 0 Å². The molecule has 0 saturated carbocycles. The highest BCUT2D eigenvalue weighted by atomic mass is 28.4. The summed E-state index contributed by atoms with van der Waals surface area (Å²) in [5, 5.41) is 0. The third-order valence-corrected chi connectivity index (χ3v) is 11.0. The highest BCUT2D eigenvalue weighted by Crippen LogP contribution is 2.26. The lowest BCUT2D eigenvalue weighted by Crippen LogP contribution is -2.53.